The summed E-state index contributed by atoms with van der Waals surface area (Å²) >= 11 is 0. The van der Waals surface area contributed by atoms with E-state index in [0.717, 1.165) is 29.3 Å². The molecule has 0 bridgehead atoms. The van der Waals surface area contributed by atoms with Gasteiger partial charge in [0.15, 0.2) is 0 Å². The second-order valence-electron chi connectivity index (χ2n) is 7.92. The van der Waals surface area contributed by atoms with Crippen molar-refractivity contribution in [1.29, 1.82) is 0 Å². The molecule has 2 aliphatic carbocycles. The number of H-pyrrole nitrogens is 1. The van der Waals surface area contributed by atoms with Crippen molar-refractivity contribution in [3.8, 4) is 0 Å². The van der Waals surface area contributed by atoms with Crippen LogP contribution >= 0.6 is 0 Å². The van der Waals surface area contributed by atoms with E-state index in [4.69, 9.17) is 0 Å². The van der Waals surface area contributed by atoms with Gasteiger partial charge in [0.1, 0.15) is 0 Å². The molecule has 2 saturated carbocycles. The molecular formula is C21H27N3O3. The maximum absolute atomic E-state index is 12.5. The number of aromatic amines is 1. The lowest BCUT2D eigenvalue weighted by molar-refractivity contribution is -0.130. The van der Waals surface area contributed by atoms with Crippen LogP contribution in [0.15, 0.2) is 30.5 Å². The second kappa shape index (κ2) is 7.72. The topological polar surface area (TPSA) is 94.2 Å². The minimum absolute atomic E-state index is 0.0717. The second-order valence-corrected chi connectivity index (χ2v) is 7.92. The molecule has 2 aliphatic rings. The third-order valence-electron chi connectivity index (χ3n) is 6.01. The first kappa shape index (κ1) is 18.0. The van der Waals surface area contributed by atoms with Gasteiger partial charge in [-0.15, -0.1) is 0 Å². The molecule has 1 aromatic heterocycles. The van der Waals surface area contributed by atoms with Crippen molar-refractivity contribution in [3.63, 3.8) is 0 Å². The van der Waals surface area contributed by atoms with Crippen LogP contribution in [-0.4, -0.2) is 40.1 Å². The Bertz CT molecular complexity index is 827. The van der Waals surface area contributed by atoms with Crippen LogP contribution in [0, 0.1) is 5.92 Å². The third kappa shape index (κ3) is 4.00. The Hall–Kier alpha value is -2.34. The normalized spacial score (nSPS) is 25.7. The van der Waals surface area contributed by atoms with Gasteiger partial charge in [-0.05, 0) is 50.2 Å². The van der Waals surface area contributed by atoms with Gasteiger partial charge in [0, 0.05) is 29.1 Å². The SMILES string of the molecule is O=C(Cc1c[nH]c2ccccc12)N[C@@H]1C[C@@H](C(=O)NC2CCC2)CC[C@H]1O. The van der Waals surface area contributed by atoms with Crippen LogP contribution < -0.4 is 10.6 Å². The molecule has 1 aromatic carbocycles. The number of fused-ring (bicyclic) bond motifs is 1. The van der Waals surface area contributed by atoms with E-state index in [9.17, 15) is 14.7 Å². The van der Waals surface area contributed by atoms with E-state index in [2.05, 4.69) is 15.6 Å². The number of rotatable bonds is 5. The molecule has 3 atom stereocenters. The largest absolute Gasteiger partial charge is 0.391 e. The van der Waals surface area contributed by atoms with E-state index < -0.39 is 6.10 Å². The zero-order valence-corrected chi connectivity index (χ0v) is 15.4. The number of carbonyl (C=O) groups excluding carboxylic acids is 2. The molecule has 0 spiro atoms. The first-order valence-corrected chi connectivity index (χ1v) is 9.93. The van der Waals surface area contributed by atoms with Crippen molar-refractivity contribution in [2.24, 2.45) is 5.92 Å². The number of carbonyl (C=O) groups is 2. The number of para-hydroxylation sites is 1. The average molecular weight is 369 g/mol. The fourth-order valence-corrected chi connectivity index (χ4v) is 4.13. The molecular weight excluding hydrogens is 342 g/mol. The number of aliphatic hydroxyl groups excluding tert-OH is 1. The van der Waals surface area contributed by atoms with Crippen molar-refractivity contribution in [3.05, 3.63) is 36.0 Å². The van der Waals surface area contributed by atoms with Crippen molar-refractivity contribution >= 4 is 22.7 Å². The van der Waals surface area contributed by atoms with Gasteiger partial charge in [-0.2, -0.15) is 0 Å². The van der Waals surface area contributed by atoms with Crippen LogP contribution in [-0.2, 0) is 16.0 Å². The lowest BCUT2D eigenvalue weighted by atomic mass is 9.82. The van der Waals surface area contributed by atoms with Crippen LogP contribution in [0.5, 0.6) is 0 Å². The number of aromatic nitrogens is 1. The highest BCUT2D eigenvalue weighted by Crippen LogP contribution is 2.27. The summed E-state index contributed by atoms with van der Waals surface area (Å²) in [5.74, 6) is -0.182. The lowest BCUT2D eigenvalue weighted by Gasteiger charge is -2.35. The monoisotopic (exact) mass is 369 g/mol. The minimum Gasteiger partial charge on any atom is -0.391 e. The van der Waals surface area contributed by atoms with E-state index >= 15 is 0 Å². The van der Waals surface area contributed by atoms with Gasteiger partial charge in [0.25, 0.3) is 0 Å². The van der Waals surface area contributed by atoms with Crippen molar-refractivity contribution in [2.75, 3.05) is 0 Å². The lowest BCUT2D eigenvalue weighted by Crippen LogP contribution is -2.51. The van der Waals surface area contributed by atoms with E-state index in [1.807, 2.05) is 30.5 Å². The van der Waals surface area contributed by atoms with Crippen LogP contribution in [0.2, 0.25) is 0 Å². The first-order chi connectivity index (χ1) is 13.1. The predicted octanol–water partition coefficient (Wildman–Crippen LogP) is 2.02. The van der Waals surface area contributed by atoms with Crippen LogP contribution in [0.1, 0.15) is 44.1 Å². The van der Waals surface area contributed by atoms with Gasteiger partial charge in [-0.1, -0.05) is 18.2 Å². The molecule has 6 nitrogen and oxygen atoms in total. The summed E-state index contributed by atoms with van der Waals surface area (Å²) < 4.78 is 0. The van der Waals surface area contributed by atoms with Gasteiger partial charge in [0.05, 0.1) is 18.6 Å². The molecule has 0 aliphatic heterocycles. The number of aliphatic hydroxyl groups is 1. The van der Waals surface area contributed by atoms with Gasteiger partial charge in [0.2, 0.25) is 11.8 Å². The molecule has 2 fully saturated rings. The summed E-state index contributed by atoms with van der Waals surface area (Å²) in [6.45, 7) is 0. The molecule has 2 aromatic rings. The van der Waals surface area contributed by atoms with Gasteiger partial charge < -0.3 is 20.7 Å². The molecule has 4 N–H and O–H groups in total. The zero-order chi connectivity index (χ0) is 18.8. The third-order valence-corrected chi connectivity index (χ3v) is 6.01. The zero-order valence-electron chi connectivity index (χ0n) is 15.4. The fourth-order valence-electron chi connectivity index (χ4n) is 4.13. The Morgan fingerprint density at radius 3 is 2.70 bits per heavy atom. The Morgan fingerprint density at radius 2 is 1.93 bits per heavy atom. The summed E-state index contributed by atoms with van der Waals surface area (Å²) in [5.41, 5.74) is 1.94. The van der Waals surface area contributed by atoms with Crippen LogP contribution in [0.3, 0.4) is 0 Å². The van der Waals surface area contributed by atoms with Gasteiger partial charge >= 0.3 is 0 Å². The maximum atomic E-state index is 12.5. The number of nitrogens with one attached hydrogen (secondary N) is 3. The molecule has 1 heterocycles. The number of hydrogen-bond donors (Lipinski definition) is 4. The Kier molecular flexibility index (Phi) is 5.16. The van der Waals surface area contributed by atoms with Crippen molar-refractivity contribution < 1.29 is 14.7 Å². The predicted molar refractivity (Wildman–Crippen MR) is 103 cm³/mol. The maximum Gasteiger partial charge on any atom is 0.224 e. The summed E-state index contributed by atoms with van der Waals surface area (Å²) in [7, 11) is 0. The van der Waals surface area contributed by atoms with Gasteiger partial charge in [-0.25, -0.2) is 0 Å². The Labute approximate surface area is 158 Å². The average Bonchev–Trinajstić information content (AvgIpc) is 3.03. The molecule has 144 valence electrons. The highest BCUT2D eigenvalue weighted by molar-refractivity contribution is 5.89. The standard InChI is InChI=1S/C21H27N3O3/c25-19-9-8-13(21(27)23-15-4-3-5-15)10-18(19)24-20(26)11-14-12-22-17-7-2-1-6-16(14)17/h1-2,6-7,12-13,15,18-19,22,25H,3-5,8-11H2,(H,23,27)(H,24,26)/t13-,18+,19+/m0/s1. The highest BCUT2D eigenvalue weighted by atomic mass is 16.3. The molecule has 6 heteroatoms. The number of benzene rings is 1. The molecule has 0 saturated heterocycles. The van der Waals surface area contributed by atoms with Gasteiger partial charge in [-0.3, -0.25) is 9.59 Å². The molecule has 2 amide bonds. The molecule has 4 rings (SSSR count). The highest BCUT2D eigenvalue weighted by Gasteiger charge is 2.35. The summed E-state index contributed by atoms with van der Waals surface area (Å²) in [5, 5.41) is 17.4. The Morgan fingerprint density at radius 1 is 1.11 bits per heavy atom. The molecule has 27 heavy (non-hydrogen) atoms. The summed E-state index contributed by atoms with van der Waals surface area (Å²) in [6.07, 6.45) is 6.54. The number of amides is 2. The van der Waals surface area contributed by atoms with E-state index in [1.54, 1.807) is 0 Å². The quantitative estimate of drug-likeness (QED) is 0.649. The first-order valence-electron chi connectivity index (χ1n) is 9.93. The van der Waals surface area contributed by atoms with E-state index in [0.29, 0.717) is 25.3 Å². The minimum atomic E-state index is -0.593. The van der Waals surface area contributed by atoms with Crippen LogP contribution in [0.4, 0.5) is 0 Å². The van der Waals surface area contributed by atoms with E-state index in [-0.39, 0.29) is 30.2 Å². The smallest absolute Gasteiger partial charge is 0.224 e. The van der Waals surface area contributed by atoms with E-state index in [1.165, 1.54) is 6.42 Å². The van der Waals surface area contributed by atoms with Crippen molar-refractivity contribution in [1.82, 2.24) is 15.6 Å². The molecule has 0 radical (unpaired) electrons. The Balaban J connectivity index is 1.35. The molecule has 0 unspecified atom stereocenters. The van der Waals surface area contributed by atoms with Crippen molar-refractivity contribution in [2.45, 2.75) is 63.1 Å². The fraction of sp³-hybridized carbons (Fsp3) is 0.524. The summed E-state index contributed by atoms with van der Waals surface area (Å²) in [4.78, 5) is 28.1. The number of hydrogen-bond acceptors (Lipinski definition) is 3. The van der Waals surface area contributed by atoms with Crippen LogP contribution in [0.25, 0.3) is 10.9 Å². The summed E-state index contributed by atoms with van der Waals surface area (Å²) in [6, 6.07) is 7.83.